The first kappa shape index (κ1) is 7.56. The maximum atomic E-state index is 8.45. The van der Waals surface area contributed by atoms with E-state index in [4.69, 9.17) is 5.21 Å². The second-order valence-electron chi connectivity index (χ2n) is 1.90. The number of aromatic amines is 1. The van der Waals surface area contributed by atoms with Crippen molar-refractivity contribution in [2.24, 2.45) is 0 Å². The quantitative estimate of drug-likeness (QED) is 0.573. The van der Waals surface area contributed by atoms with Gasteiger partial charge in [-0.3, -0.25) is 5.21 Å². The van der Waals surface area contributed by atoms with Gasteiger partial charge in [0.2, 0.25) is 5.95 Å². The van der Waals surface area contributed by atoms with E-state index in [0.29, 0.717) is 5.69 Å². The van der Waals surface area contributed by atoms with Gasteiger partial charge in [-0.15, -0.1) is 0 Å². The van der Waals surface area contributed by atoms with Crippen molar-refractivity contribution in [2.45, 2.75) is 0 Å². The zero-order chi connectivity index (χ0) is 8.27. The SMILES string of the molecule is C=Cc1nc(NO)[nH]c1C=C. The monoisotopic (exact) mass is 151 g/mol. The Morgan fingerprint density at radius 2 is 2.18 bits per heavy atom. The zero-order valence-electron chi connectivity index (χ0n) is 5.96. The van der Waals surface area contributed by atoms with Crippen LogP contribution in [-0.4, -0.2) is 15.2 Å². The Bertz CT molecular complexity index is 252. The van der Waals surface area contributed by atoms with Gasteiger partial charge >= 0.3 is 0 Å². The molecule has 3 N–H and O–H groups in total. The van der Waals surface area contributed by atoms with Gasteiger partial charge in [0, 0.05) is 0 Å². The fourth-order valence-corrected chi connectivity index (χ4v) is 0.764. The molecule has 1 heterocycles. The lowest BCUT2D eigenvalue weighted by atomic mass is 10.3. The van der Waals surface area contributed by atoms with Crippen LogP contribution in [0.1, 0.15) is 11.4 Å². The Kier molecular flexibility index (Phi) is 2.08. The molecule has 0 aliphatic heterocycles. The summed E-state index contributed by atoms with van der Waals surface area (Å²) < 4.78 is 0. The number of hydrogen-bond acceptors (Lipinski definition) is 3. The molecule has 0 amide bonds. The third-order valence-electron chi connectivity index (χ3n) is 1.26. The lowest BCUT2D eigenvalue weighted by molar-refractivity contribution is 0.383. The van der Waals surface area contributed by atoms with E-state index in [0.717, 1.165) is 5.69 Å². The average Bonchev–Trinajstić information content (AvgIpc) is 2.46. The number of rotatable bonds is 3. The van der Waals surface area contributed by atoms with Crippen LogP contribution in [0, 0.1) is 0 Å². The van der Waals surface area contributed by atoms with Crippen molar-refractivity contribution in [3.8, 4) is 0 Å². The van der Waals surface area contributed by atoms with Crippen LogP contribution in [0.5, 0.6) is 0 Å². The van der Waals surface area contributed by atoms with Gasteiger partial charge in [-0.25, -0.2) is 10.5 Å². The summed E-state index contributed by atoms with van der Waals surface area (Å²) >= 11 is 0. The number of H-pyrrole nitrogens is 1. The van der Waals surface area contributed by atoms with Crippen LogP contribution in [0.15, 0.2) is 13.2 Å². The van der Waals surface area contributed by atoms with Crippen molar-refractivity contribution in [3.63, 3.8) is 0 Å². The predicted molar refractivity (Wildman–Crippen MR) is 44.2 cm³/mol. The van der Waals surface area contributed by atoms with Crippen LogP contribution >= 0.6 is 0 Å². The van der Waals surface area contributed by atoms with E-state index >= 15 is 0 Å². The topological polar surface area (TPSA) is 60.9 Å². The van der Waals surface area contributed by atoms with Gasteiger partial charge in [0.1, 0.15) is 0 Å². The largest absolute Gasteiger partial charge is 0.322 e. The van der Waals surface area contributed by atoms with Gasteiger partial charge in [0.25, 0.3) is 0 Å². The molecule has 0 unspecified atom stereocenters. The molecule has 11 heavy (non-hydrogen) atoms. The van der Waals surface area contributed by atoms with E-state index in [1.165, 1.54) is 0 Å². The molecule has 4 nitrogen and oxygen atoms in total. The molecule has 0 spiro atoms. The van der Waals surface area contributed by atoms with Crippen LogP contribution in [0.25, 0.3) is 12.2 Å². The Morgan fingerprint density at radius 3 is 2.55 bits per heavy atom. The highest BCUT2D eigenvalue weighted by Crippen LogP contribution is 2.11. The Hall–Kier alpha value is -1.55. The number of nitrogens with zero attached hydrogens (tertiary/aromatic N) is 1. The average molecular weight is 151 g/mol. The second kappa shape index (κ2) is 3.03. The van der Waals surface area contributed by atoms with Crippen LogP contribution in [0.3, 0.4) is 0 Å². The summed E-state index contributed by atoms with van der Waals surface area (Å²) in [6, 6.07) is 0. The summed E-state index contributed by atoms with van der Waals surface area (Å²) in [5.41, 5.74) is 3.29. The minimum Gasteiger partial charge on any atom is -0.322 e. The molecule has 0 aliphatic carbocycles. The number of anilines is 1. The Balaban J connectivity index is 3.11. The lowest BCUT2D eigenvalue weighted by Gasteiger charge is -1.86. The first-order valence-corrected chi connectivity index (χ1v) is 3.06. The van der Waals surface area contributed by atoms with E-state index in [1.54, 1.807) is 12.2 Å². The highest BCUT2D eigenvalue weighted by atomic mass is 16.5. The van der Waals surface area contributed by atoms with Crippen molar-refractivity contribution >= 4 is 18.1 Å². The van der Waals surface area contributed by atoms with Crippen LogP contribution in [0.2, 0.25) is 0 Å². The molecule has 1 rings (SSSR count). The van der Waals surface area contributed by atoms with Crippen molar-refractivity contribution in [3.05, 3.63) is 24.5 Å². The highest BCUT2D eigenvalue weighted by molar-refractivity contribution is 5.59. The molecule has 0 aromatic carbocycles. The van der Waals surface area contributed by atoms with Crippen LogP contribution < -0.4 is 5.48 Å². The first-order valence-electron chi connectivity index (χ1n) is 3.06. The molecule has 0 saturated heterocycles. The maximum absolute atomic E-state index is 8.45. The first-order chi connectivity index (χ1) is 5.31. The summed E-state index contributed by atoms with van der Waals surface area (Å²) in [5.74, 6) is 0.287. The van der Waals surface area contributed by atoms with Gasteiger partial charge < -0.3 is 4.98 Å². The fourth-order valence-electron chi connectivity index (χ4n) is 0.764. The summed E-state index contributed by atoms with van der Waals surface area (Å²) in [5, 5.41) is 8.45. The number of hydrogen-bond donors (Lipinski definition) is 3. The van der Waals surface area contributed by atoms with E-state index in [2.05, 4.69) is 23.1 Å². The van der Waals surface area contributed by atoms with Crippen molar-refractivity contribution in [2.75, 3.05) is 5.48 Å². The van der Waals surface area contributed by atoms with Crippen LogP contribution in [-0.2, 0) is 0 Å². The minimum absolute atomic E-state index is 0.287. The van der Waals surface area contributed by atoms with Crippen molar-refractivity contribution in [1.29, 1.82) is 0 Å². The molecule has 0 bridgehead atoms. The standard InChI is InChI=1S/C7H9N3O/c1-3-5-6(4-2)9-7(8-5)10-11/h3-4,11H,1-2H2,(H2,8,9,10). The molecular weight excluding hydrogens is 142 g/mol. The lowest BCUT2D eigenvalue weighted by Crippen LogP contribution is -1.90. The number of nitrogens with one attached hydrogen (secondary N) is 2. The van der Waals surface area contributed by atoms with Gasteiger partial charge in [0.15, 0.2) is 0 Å². The molecule has 0 fully saturated rings. The smallest absolute Gasteiger partial charge is 0.225 e. The Morgan fingerprint density at radius 1 is 1.45 bits per heavy atom. The molecule has 0 atom stereocenters. The Labute approximate surface area is 64.2 Å². The van der Waals surface area contributed by atoms with E-state index in [9.17, 15) is 0 Å². The number of imidazole rings is 1. The summed E-state index contributed by atoms with van der Waals surface area (Å²) in [4.78, 5) is 6.68. The van der Waals surface area contributed by atoms with Gasteiger partial charge in [0.05, 0.1) is 11.4 Å². The third kappa shape index (κ3) is 1.30. The van der Waals surface area contributed by atoms with Gasteiger partial charge in [-0.1, -0.05) is 13.2 Å². The molecule has 0 saturated carbocycles. The summed E-state index contributed by atoms with van der Waals surface area (Å²) in [7, 11) is 0. The molecule has 58 valence electrons. The molecule has 1 aromatic rings. The normalized spacial score (nSPS) is 9.18. The van der Waals surface area contributed by atoms with E-state index in [-0.39, 0.29) is 5.95 Å². The van der Waals surface area contributed by atoms with E-state index in [1.807, 2.05) is 5.48 Å². The van der Waals surface area contributed by atoms with Gasteiger partial charge in [-0.2, -0.15) is 0 Å². The van der Waals surface area contributed by atoms with Crippen LogP contribution in [0.4, 0.5) is 5.95 Å². The summed E-state index contributed by atoms with van der Waals surface area (Å²) in [6.07, 6.45) is 3.18. The van der Waals surface area contributed by atoms with Crippen molar-refractivity contribution in [1.82, 2.24) is 9.97 Å². The predicted octanol–water partition coefficient (Wildman–Crippen LogP) is 1.50. The maximum Gasteiger partial charge on any atom is 0.225 e. The van der Waals surface area contributed by atoms with E-state index < -0.39 is 0 Å². The molecular formula is C7H9N3O. The van der Waals surface area contributed by atoms with Gasteiger partial charge in [-0.05, 0) is 12.2 Å². The molecule has 0 radical (unpaired) electrons. The minimum atomic E-state index is 0.287. The highest BCUT2D eigenvalue weighted by Gasteiger charge is 2.01. The second-order valence-corrected chi connectivity index (χ2v) is 1.90. The molecule has 1 aromatic heterocycles. The fraction of sp³-hybridized carbons (Fsp3) is 0. The zero-order valence-corrected chi connectivity index (χ0v) is 5.96. The van der Waals surface area contributed by atoms with Crippen molar-refractivity contribution < 1.29 is 5.21 Å². The third-order valence-corrected chi connectivity index (χ3v) is 1.26. The number of aromatic nitrogens is 2. The molecule has 0 aliphatic rings. The summed E-state index contributed by atoms with van der Waals surface area (Å²) in [6.45, 7) is 7.11. The molecule has 4 heteroatoms.